The summed E-state index contributed by atoms with van der Waals surface area (Å²) in [5.74, 6) is 0. The van der Waals surface area contributed by atoms with Crippen LogP contribution in [0.15, 0.2) is 0 Å². The maximum absolute atomic E-state index is 6.35. The standard InChI is InChI=1S/C14H25ClN4/c1-4-6-12-9-19(8-5-7-16-12)10-13-14(15)11(2)17-18(13)3/h12,16H,4-10H2,1-3H3. The predicted molar refractivity (Wildman–Crippen MR) is 79.5 cm³/mol. The number of halogens is 1. The highest BCUT2D eigenvalue weighted by molar-refractivity contribution is 6.31. The van der Waals surface area contributed by atoms with Gasteiger partial charge in [-0.1, -0.05) is 24.9 Å². The Morgan fingerprint density at radius 1 is 1.47 bits per heavy atom. The zero-order chi connectivity index (χ0) is 13.8. The summed E-state index contributed by atoms with van der Waals surface area (Å²) in [6, 6.07) is 0.612. The van der Waals surface area contributed by atoms with Crippen molar-refractivity contribution in [2.45, 2.75) is 45.7 Å². The monoisotopic (exact) mass is 284 g/mol. The van der Waals surface area contributed by atoms with Gasteiger partial charge in [0.15, 0.2) is 0 Å². The Kier molecular flexibility index (Phi) is 5.25. The highest BCUT2D eigenvalue weighted by Crippen LogP contribution is 2.21. The minimum Gasteiger partial charge on any atom is -0.313 e. The normalized spacial score (nSPS) is 21.6. The Balaban J connectivity index is 2.04. The van der Waals surface area contributed by atoms with Crippen LogP contribution in [0.2, 0.25) is 5.02 Å². The maximum atomic E-state index is 6.35. The Morgan fingerprint density at radius 3 is 2.89 bits per heavy atom. The molecule has 0 saturated carbocycles. The maximum Gasteiger partial charge on any atom is 0.0860 e. The summed E-state index contributed by atoms with van der Waals surface area (Å²) in [6.07, 6.45) is 3.68. The van der Waals surface area contributed by atoms with Crippen LogP contribution < -0.4 is 5.32 Å². The van der Waals surface area contributed by atoms with E-state index in [1.54, 1.807) is 0 Å². The van der Waals surface area contributed by atoms with Gasteiger partial charge in [0.2, 0.25) is 0 Å². The molecule has 1 fully saturated rings. The van der Waals surface area contributed by atoms with E-state index in [-0.39, 0.29) is 0 Å². The second-order valence-corrected chi connectivity index (χ2v) is 5.88. The van der Waals surface area contributed by atoms with E-state index in [1.165, 1.54) is 19.3 Å². The molecule has 4 nitrogen and oxygen atoms in total. The number of nitrogens with zero attached hydrogens (tertiary/aromatic N) is 3. The molecule has 0 bridgehead atoms. The molecule has 19 heavy (non-hydrogen) atoms. The third kappa shape index (κ3) is 3.71. The van der Waals surface area contributed by atoms with Gasteiger partial charge in [0.25, 0.3) is 0 Å². The van der Waals surface area contributed by atoms with Crippen molar-refractivity contribution in [2.75, 3.05) is 19.6 Å². The molecule has 1 unspecified atom stereocenters. The lowest BCUT2D eigenvalue weighted by Crippen LogP contribution is -2.37. The molecule has 1 aromatic rings. The number of hydrogen-bond donors (Lipinski definition) is 1. The van der Waals surface area contributed by atoms with Crippen LogP contribution in [-0.4, -0.2) is 40.4 Å². The summed E-state index contributed by atoms with van der Waals surface area (Å²) < 4.78 is 1.92. The zero-order valence-corrected chi connectivity index (χ0v) is 13.0. The van der Waals surface area contributed by atoms with E-state index in [4.69, 9.17) is 11.6 Å². The highest BCUT2D eigenvalue weighted by atomic mass is 35.5. The van der Waals surface area contributed by atoms with Gasteiger partial charge in [0.05, 0.1) is 16.4 Å². The van der Waals surface area contributed by atoms with Gasteiger partial charge >= 0.3 is 0 Å². The lowest BCUT2D eigenvalue weighted by Gasteiger charge is -2.24. The average molecular weight is 285 g/mol. The van der Waals surface area contributed by atoms with Crippen molar-refractivity contribution in [2.24, 2.45) is 7.05 Å². The lowest BCUT2D eigenvalue weighted by molar-refractivity contribution is 0.248. The first-order valence-electron chi connectivity index (χ1n) is 7.25. The summed E-state index contributed by atoms with van der Waals surface area (Å²) in [6.45, 7) is 8.48. The first-order chi connectivity index (χ1) is 9.11. The van der Waals surface area contributed by atoms with Gasteiger partial charge in [-0.15, -0.1) is 0 Å². The van der Waals surface area contributed by atoms with Crippen molar-refractivity contribution in [3.05, 3.63) is 16.4 Å². The average Bonchev–Trinajstić information content (AvgIpc) is 2.58. The topological polar surface area (TPSA) is 33.1 Å². The van der Waals surface area contributed by atoms with Crippen molar-refractivity contribution in [3.63, 3.8) is 0 Å². The summed E-state index contributed by atoms with van der Waals surface area (Å²) >= 11 is 6.35. The van der Waals surface area contributed by atoms with Crippen LogP contribution in [0.3, 0.4) is 0 Å². The Hall–Kier alpha value is -0.580. The number of hydrogen-bond acceptors (Lipinski definition) is 3. The smallest absolute Gasteiger partial charge is 0.0860 e. The minimum absolute atomic E-state index is 0.612. The number of nitrogens with one attached hydrogen (secondary N) is 1. The van der Waals surface area contributed by atoms with Gasteiger partial charge in [-0.3, -0.25) is 9.58 Å². The van der Waals surface area contributed by atoms with E-state index in [9.17, 15) is 0 Å². The third-order valence-electron chi connectivity index (χ3n) is 3.83. The van der Waals surface area contributed by atoms with Crippen LogP contribution in [0.1, 0.15) is 37.6 Å². The van der Waals surface area contributed by atoms with Crippen LogP contribution in [0.5, 0.6) is 0 Å². The van der Waals surface area contributed by atoms with Gasteiger partial charge in [0.1, 0.15) is 0 Å². The van der Waals surface area contributed by atoms with E-state index < -0.39 is 0 Å². The first-order valence-corrected chi connectivity index (χ1v) is 7.63. The van der Waals surface area contributed by atoms with Crippen LogP contribution >= 0.6 is 11.6 Å². The molecule has 1 aromatic heterocycles. The van der Waals surface area contributed by atoms with Gasteiger partial charge in [0, 0.05) is 26.2 Å². The summed E-state index contributed by atoms with van der Waals surface area (Å²) in [4.78, 5) is 2.50. The van der Waals surface area contributed by atoms with Crippen molar-refractivity contribution in [1.29, 1.82) is 0 Å². The minimum atomic E-state index is 0.612. The predicted octanol–water partition coefficient (Wildman–Crippen LogP) is 2.35. The van der Waals surface area contributed by atoms with Crippen LogP contribution in [0.4, 0.5) is 0 Å². The highest BCUT2D eigenvalue weighted by Gasteiger charge is 2.20. The number of rotatable bonds is 4. The molecule has 0 spiro atoms. The molecular weight excluding hydrogens is 260 g/mol. The summed E-state index contributed by atoms with van der Waals surface area (Å²) in [5.41, 5.74) is 2.06. The van der Waals surface area contributed by atoms with E-state index in [1.807, 2.05) is 18.7 Å². The SMILES string of the molecule is CCCC1CN(Cc2c(Cl)c(C)nn2C)CCCN1. The van der Waals surface area contributed by atoms with E-state index in [0.717, 1.165) is 42.6 Å². The molecule has 1 saturated heterocycles. The van der Waals surface area contributed by atoms with E-state index in [2.05, 4.69) is 22.2 Å². The van der Waals surface area contributed by atoms with Crippen molar-refractivity contribution < 1.29 is 0 Å². The Morgan fingerprint density at radius 2 is 2.26 bits per heavy atom. The molecule has 0 aromatic carbocycles. The van der Waals surface area contributed by atoms with Crippen LogP contribution in [0.25, 0.3) is 0 Å². The molecule has 1 atom stereocenters. The van der Waals surface area contributed by atoms with Crippen LogP contribution in [-0.2, 0) is 13.6 Å². The molecule has 2 rings (SSSR count). The van der Waals surface area contributed by atoms with Gasteiger partial charge < -0.3 is 5.32 Å². The van der Waals surface area contributed by atoms with Crippen molar-refractivity contribution in [3.8, 4) is 0 Å². The Bertz CT molecular complexity index is 416. The van der Waals surface area contributed by atoms with Gasteiger partial charge in [-0.25, -0.2) is 0 Å². The first kappa shape index (κ1) is 14.8. The molecule has 0 radical (unpaired) electrons. The summed E-state index contributed by atoms with van der Waals surface area (Å²) in [7, 11) is 1.98. The second-order valence-electron chi connectivity index (χ2n) is 5.50. The molecule has 2 heterocycles. The third-order valence-corrected chi connectivity index (χ3v) is 4.33. The molecular formula is C14H25ClN4. The Labute approximate surface area is 121 Å². The lowest BCUT2D eigenvalue weighted by atomic mass is 10.1. The molecule has 1 aliphatic heterocycles. The fourth-order valence-electron chi connectivity index (χ4n) is 2.83. The van der Waals surface area contributed by atoms with Crippen molar-refractivity contribution >= 4 is 11.6 Å². The largest absolute Gasteiger partial charge is 0.313 e. The fourth-order valence-corrected chi connectivity index (χ4v) is 3.05. The molecule has 1 aliphatic rings. The number of aromatic nitrogens is 2. The van der Waals surface area contributed by atoms with E-state index in [0.29, 0.717) is 6.04 Å². The molecule has 1 N–H and O–H groups in total. The molecule has 0 amide bonds. The van der Waals surface area contributed by atoms with Crippen LogP contribution in [0, 0.1) is 6.92 Å². The molecule has 5 heteroatoms. The molecule has 0 aliphatic carbocycles. The number of aryl methyl sites for hydroxylation is 2. The second kappa shape index (κ2) is 6.73. The van der Waals surface area contributed by atoms with Gasteiger partial charge in [-0.05, 0) is 32.9 Å². The fraction of sp³-hybridized carbons (Fsp3) is 0.786. The van der Waals surface area contributed by atoms with Crippen molar-refractivity contribution in [1.82, 2.24) is 20.0 Å². The summed E-state index contributed by atoms with van der Waals surface area (Å²) in [5, 5.41) is 8.86. The zero-order valence-electron chi connectivity index (χ0n) is 12.2. The quantitative estimate of drug-likeness (QED) is 0.921. The molecule has 108 valence electrons. The van der Waals surface area contributed by atoms with Gasteiger partial charge in [-0.2, -0.15) is 5.10 Å². The van der Waals surface area contributed by atoms with E-state index >= 15 is 0 Å².